The number of aliphatic hydroxyl groups excluding tert-OH is 1. The van der Waals surface area contributed by atoms with E-state index >= 15 is 0 Å². The number of aliphatic carboxylic acids is 5. The molecule has 0 rings (SSSR count). The minimum atomic E-state index is -1.53. The van der Waals surface area contributed by atoms with Gasteiger partial charge in [-0.25, -0.2) is 22.7 Å². The average Bonchev–Trinajstić information content (AvgIpc) is 3.07. The van der Waals surface area contributed by atoms with Crippen LogP contribution in [0.5, 0.6) is 0 Å². The van der Waals surface area contributed by atoms with Crippen molar-refractivity contribution < 1.29 is 117 Å². The van der Waals surface area contributed by atoms with Gasteiger partial charge >= 0.3 is 29.8 Å². The maximum Gasteiger partial charge on any atom is 0.326 e. The fourth-order valence-corrected chi connectivity index (χ4v) is 9.38. The monoisotopic (exact) mass is 1460 g/mol. The normalized spacial score (nSPS) is 12.9. The molecular weight excluding hydrogens is 1360 g/mol. The van der Waals surface area contributed by atoms with Crippen LogP contribution in [-0.4, -0.2) is 229 Å². The van der Waals surface area contributed by atoms with Crippen molar-refractivity contribution in [3.63, 3.8) is 0 Å². The molecule has 0 radical (unpaired) electrons. The molecule has 0 heterocycles. The Balaban J connectivity index is 4.17. The van der Waals surface area contributed by atoms with Crippen LogP contribution in [0.1, 0.15) is 173 Å². The number of hydrogen-bond donors (Lipinski definition) is 16. The second-order valence-corrected chi connectivity index (χ2v) is 22.6. The van der Waals surface area contributed by atoms with Crippen LogP contribution in [-0.2, 0) is 86.1 Å². The average molecular weight is 1460 g/mol. The molecule has 0 saturated carbocycles. The zero-order valence-electron chi connectivity index (χ0n) is 53.5. The first-order valence-corrected chi connectivity index (χ1v) is 33.0. The summed E-state index contributed by atoms with van der Waals surface area (Å²) in [4.78, 5) is 168. The number of nitrogens with one attached hydrogen (secondary N) is 9. The van der Waals surface area contributed by atoms with Crippen LogP contribution in [0, 0.1) is 0 Å². The number of carboxylic acids is 5. The third kappa shape index (κ3) is 49.6. The van der Waals surface area contributed by atoms with Crippen LogP contribution in [0.15, 0.2) is 0 Å². The first-order valence-electron chi connectivity index (χ1n) is 31.9. The van der Waals surface area contributed by atoms with E-state index in [-0.39, 0.29) is 117 Å². The van der Waals surface area contributed by atoms with E-state index in [1.165, 1.54) is 25.7 Å². The van der Waals surface area contributed by atoms with E-state index in [0.29, 0.717) is 25.7 Å². The van der Waals surface area contributed by atoms with Crippen molar-refractivity contribution in [3.05, 3.63) is 0 Å². The van der Waals surface area contributed by atoms with E-state index in [4.69, 9.17) is 29.8 Å². The highest BCUT2D eigenvalue weighted by Gasteiger charge is 2.28. The number of carboxylic acid groups (broad SMARTS) is 5. The van der Waals surface area contributed by atoms with Gasteiger partial charge in [-0.3, -0.25) is 47.9 Å². The van der Waals surface area contributed by atoms with Crippen molar-refractivity contribution in [2.45, 2.75) is 210 Å². The maximum absolute atomic E-state index is 12.6. The molecule has 0 aromatic carbocycles. The number of unbranched alkanes of at least 4 members (excludes halogenated alkanes) is 14. The summed E-state index contributed by atoms with van der Waals surface area (Å²) in [6.07, 6.45) is 13.1. The molecule has 35 heteroatoms. The molecule has 6 atom stereocenters. The van der Waals surface area contributed by atoms with Gasteiger partial charge in [-0.1, -0.05) is 77.0 Å². The number of carbonyl (C=O) groups is 14. The number of ether oxygens (including phenoxy) is 4. The van der Waals surface area contributed by atoms with E-state index in [1.807, 2.05) is 0 Å². The molecule has 0 aliphatic heterocycles. The third-order valence-corrected chi connectivity index (χ3v) is 14.8. The fourth-order valence-electron chi connectivity index (χ4n) is 8.79. The Hall–Kier alpha value is -6.93. The Morgan fingerprint density at radius 1 is 0.330 bits per heavy atom. The summed E-state index contributed by atoms with van der Waals surface area (Å²) in [5.41, 5.74) is 5.12. The number of aliphatic hydroxyl groups is 1. The lowest BCUT2D eigenvalue weighted by atomic mass is 10.0. The lowest BCUT2D eigenvalue weighted by Crippen LogP contribution is -2.51. The van der Waals surface area contributed by atoms with Crippen LogP contribution in [0.4, 0.5) is 0 Å². The van der Waals surface area contributed by atoms with Gasteiger partial charge in [0.25, 0.3) is 0 Å². The van der Waals surface area contributed by atoms with Gasteiger partial charge in [0.05, 0.1) is 52.3 Å². The number of primary amides is 1. The SMILES string of the molecule is NC(=O)[C@H](CO)NC(=O)[C@H](CCCCNC(=O)CC[C@H](NC(=O)CC[C@H](NC(=O)COCCOCCNC(=O)COCCOCCNC(=O)CC[C@H](NC(=O)CC[C@H](NC(=O)CCCCCCCCCCCCCCCCC(=O)O)C(=O)O)C(=O)O)C(=O)O)C(=O)O)NI. The first kappa shape index (κ1) is 87.1. The number of halogens is 1. The molecule has 0 aliphatic carbocycles. The van der Waals surface area contributed by atoms with Crippen molar-refractivity contribution in [1.82, 2.24) is 46.1 Å². The summed E-state index contributed by atoms with van der Waals surface area (Å²) in [6, 6.07) is -7.76. The van der Waals surface area contributed by atoms with Gasteiger partial charge in [-0.2, -0.15) is 0 Å². The lowest BCUT2D eigenvalue weighted by molar-refractivity contribution is -0.144. The summed E-state index contributed by atoms with van der Waals surface area (Å²) in [6.45, 7) is -1.08. The molecule has 17 N–H and O–H groups in total. The maximum atomic E-state index is 12.6. The van der Waals surface area contributed by atoms with Crippen molar-refractivity contribution in [2.24, 2.45) is 5.73 Å². The van der Waals surface area contributed by atoms with Gasteiger partial charge in [0.15, 0.2) is 0 Å². The van der Waals surface area contributed by atoms with Gasteiger partial charge in [0.1, 0.15) is 43.4 Å². The predicted octanol–water partition coefficient (Wildman–Crippen LogP) is -0.433. The Labute approximate surface area is 560 Å². The molecule has 0 bridgehead atoms. The van der Waals surface area contributed by atoms with Gasteiger partial charge in [0.2, 0.25) is 53.2 Å². The number of rotatable bonds is 63. The molecule has 94 heavy (non-hydrogen) atoms. The molecule has 0 aliphatic rings. The lowest BCUT2D eigenvalue weighted by Gasteiger charge is -2.18. The van der Waals surface area contributed by atoms with E-state index < -0.39 is 145 Å². The van der Waals surface area contributed by atoms with E-state index in [2.05, 4.69) is 46.1 Å². The quantitative estimate of drug-likeness (QED) is 0.0209. The van der Waals surface area contributed by atoms with E-state index in [1.54, 1.807) is 22.9 Å². The zero-order chi connectivity index (χ0) is 70.3. The molecule has 9 amide bonds. The van der Waals surface area contributed by atoms with Crippen molar-refractivity contribution in [2.75, 3.05) is 79.1 Å². The van der Waals surface area contributed by atoms with Crippen LogP contribution < -0.4 is 51.8 Å². The van der Waals surface area contributed by atoms with Crippen LogP contribution in [0.25, 0.3) is 0 Å². The standard InChI is InChI=1S/C59H101IN10O24/c60-70-40(55(82)69-45(37-71)54(61)81)17-15-16-28-62-46(72)24-20-41(56(83)84)66-50(76)27-23-44(59(89)90)68-52(78)39-94-36-34-92-32-30-64-51(77)38-93-35-33-91-31-29-63-47(73)25-21-42(57(85)86)67-49(75)26-22-43(58(87)88)65-48(74)18-13-11-9-7-5-3-1-2-4-6-8-10-12-14-19-53(79)80/h40-45,70-71H,1-39H2,(H2,61,81)(H,62,72)(H,63,73)(H,64,77)(H,65,74)(H,66,76)(H,67,75)(H,68,78)(H,69,82)(H,79,80)(H,83,84)(H,85,86)(H,87,88)(H,89,90)/t40-,41-,42-,43-,44-,45-/m0/s1. The molecule has 0 aromatic heterocycles. The Morgan fingerprint density at radius 3 is 1.05 bits per heavy atom. The predicted molar refractivity (Wildman–Crippen MR) is 342 cm³/mol. The van der Waals surface area contributed by atoms with Crippen LogP contribution in [0.3, 0.4) is 0 Å². The highest BCUT2D eigenvalue weighted by atomic mass is 127. The Bertz CT molecular complexity index is 2310. The summed E-state index contributed by atoms with van der Waals surface area (Å²) in [7, 11) is 0. The zero-order valence-corrected chi connectivity index (χ0v) is 55.7. The van der Waals surface area contributed by atoms with Gasteiger partial charge < -0.3 is 97.9 Å². The second kappa shape index (κ2) is 56.4. The number of nitrogens with two attached hydrogens (primary N) is 1. The van der Waals surface area contributed by atoms with Gasteiger partial charge in [-0.05, 0) is 57.8 Å². The molecule has 34 nitrogen and oxygen atoms in total. The van der Waals surface area contributed by atoms with Crippen molar-refractivity contribution in [3.8, 4) is 0 Å². The Morgan fingerprint density at radius 2 is 0.670 bits per heavy atom. The third-order valence-electron chi connectivity index (χ3n) is 14.1. The Kier molecular flexibility index (Phi) is 52.3. The highest BCUT2D eigenvalue weighted by molar-refractivity contribution is 14.1. The molecule has 0 spiro atoms. The molecule has 0 saturated heterocycles. The molecule has 538 valence electrons. The van der Waals surface area contributed by atoms with Crippen LogP contribution in [0.2, 0.25) is 0 Å². The van der Waals surface area contributed by atoms with Crippen LogP contribution >= 0.6 is 22.9 Å². The highest BCUT2D eigenvalue weighted by Crippen LogP contribution is 2.15. The van der Waals surface area contributed by atoms with Crippen molar-refractivity contribution in [1.29, 1.82) is 0 Å². The summed E-state index contributed by atoms with van der Waals surface area (Å²) in [5.74, 6) is -12.2. The van der Waals surface area contributed by atoms with Crippen molar-refractivity contribution >= 4 is 106 Å². The second-order valence-electron chi connectivity index (χ2n) is 22.0. The number of amides is 9. The minimum absolute atomic E-state index is 0.00263. The van der Waals surface area contributed by atoms with E-state index in [9.17, 15) is 92.7 Å². The number of carbonyl (C=O) groups excluding carboxylic acids is 9. The molecular formula is C59H101IN10O24. The number of hydrogen-bond acceptors (Lipinski definition) is 20. The topological polar surface area (TPSA) is 532 Å². The van der Waals surface area contributed by atoms with Gasteiger partial charge in [-0.15, -0.1) is 0 Å². The van der Waals surface area contributed by atoms with E-state index in [0.717, 1.165) is 57.8 Å². The van der Waals surface area contributed by atoms with Gasteiger partial charge in [0, 0.05) is 81.0 Å². The minimum Gasteiger partial charge on any atom is -0.481 e. The summed E-state index contributed by atoms with van der Waals surface area (Å²) in [5, 5.41) is 75.5. The summed E-state index contributed by atoms with van der Waals surface area (Å²) >= 11 is 1.76. The molecule has 0 fully saturated rings. The fraction of sp³-hybridized carbons (Fsp3) is 0.763. The largest absolute Gasteiger partial charge is 0.481 e. The smallest absolute Gasteiger partial charge is 0.326 e. The molecule has 0 unspecified atom stereocenters. The first-order chi connectivity index (χ1) is 44.9. The summed E-state index contributed by atoms with van der Waals surface area (Å²) < 4.78 is 23.9. The molecule has 0 aromatic rings.